The third-order valence-electron chi connectivity index (χ3n) is 2.07. The summed E-state index contributed by atoms with van der Waals surface area (Å²) in [6.45, 7) is 9.57. The van der Waals surface area contributed by atoms with E-state index < -0.39 is 5.79 Å². The molecular formula is C12H21NO2. The Hall–Kier alpha value is -0.670. The van der Waals surface area contributed by atoms with Crippen LogP contribution in [-0.2, 0) is 9.47 Å². The Morgan fingerprint density at radius 3 is 2.40 bits per heavy atom. The molecule has 3 nitrogen and oxygen atoms in total. The molecule has 1 saturated heterocycles. The van der Waals surface area contributed by atoms with E-state index in [2.05, 4.69) is 25.8 Å². The molecule has 1 heterocycles. The van der Waals surface area contributed by atoms with E-state index in [0.29, 0.717) is 13.2 Å². The number of hydrogen-bond donors (Lipinski definition) is 0. The maximum atomic E-state index is 5.47. The maximum Gasteiger partial charge on any atom is 0.169 e. The van der Waals surface area contributed by atoms with E-state index in [1.54, 1.807) is 0 Å². The largest absolute Gasteiger partial charge is 0.348 e. The summed E-state index contributed by atoms with van der Waals surface area (Å²) in [5, 5.41) is 0. The number of allylic oxidation sites excluding steroid dienone is 1. The van der Waals surface area contributed by atoms with Crippen molar-refractivity contribution in [2.24, 2.45) is 4.99 Å². The molecule has 1 fully saturated rings. The Morgan fingerprint density at radius 2 is 1.87 bits per heavy atom. The van der Waals surface area contributed by atoms with Gasteiger partial charge in [0.15, 0.2) is 5.79 Å². The van der Waals surface area contributed by atoms with Gasteiger partial charge < -0.3 is 9.47 Å². The molecule has 0 N–H and O–H groups in total. The summed E-state index contributed by atoms with van der Waals surface area (Å²) in [7, 11) is 0. The van der Waals surface area contributed by atoms with Crippen molar-refractivity contribution in [2.45, 2.75) is 45.4 Å². The normalized spacial score (nSPS) is 21.9. The quantitative estimate of drug-likeness (QED) is 0.672. The Kier molecular flexibility index (Phi) is 4.05. The molecule has 0 unspecified atom stereocenters. The fourth-order valence-corrected chi connectivity index (χ4v) is 1.28. The highest BCUT2D eigenvalue weighted by molar-refractivity contribution is 5.71. The van der Waals surface area contributed by atoms with Crippen LogP contribution in [0.2, 0.25) is 0 Å². The summed E-state index contributed by atoms with van der Waals surface area (Å²) in [6.07, 6.45) is 6.57. The van der Waals surface area contributed by atoms with Crippen LogP contribution < -0.4 is 0 Å². The molecule has 0 atom stereocenters. The van der Waals surface area contributed by atoms with Crippen LogP contribution in [0.4, 0.5) is 0 Å². The minimum atomic E-state index is -0.425. The first-order valence-corrected chi connectivity index (χ1v) is 5.40. The zero-order valence-electron chi connectivity index (χ0n) is 10.1. The van der Waals surface area contributed by atoms with Gasteiger partial charge in [-0.15, -0.1) is 0 Å². The van der Waals surface area contributed by atoms with E-state index in [1.807, 2.05) is 25.3 Å². The topological polar surface area (TPSA) is 30.8 Å². The molecule has 0 amide bonds. The third-order valence-corrected chi connectivity index (χ3v) is 2.07. The van der Waals surface area contributed by atoms with Crippen molar-refractivity contribution in [2.75, 3.05) is 13.2 Å². The van der Waals surface area contributed by atoms with Crippen molar-refractivity contribution in [3.05, 3.63) is 12.2 Å². The van der Waals surface area contributed by atoms with Crippen LogP contribution in [0.3, 0.4) is 0 Å². The first kappa shape index (κ1) is 12.4. The van der Waals surface area contributed by atoms with Crippen molar-refractivity contribution >= 4 is 6.21 Å². The number of hydrogen-bond acceptors (Lipinski definition) is 3. The highest BCUT2D eigenvalue weighted by Crippen LogP contribution is 2.22. The lowest BCUT2D eigenvalue weighted by Crippen LogP contribution is -2.24. The average Bonchev–Trinajstić information content (AvgIpc) is 2.50. The predicted octanol–water partition coefficient (Wildman–Crippen LogP) is 2.57. The van der Waals surface area contributed by atoms with E-state index >= 15 is 0 Å². The summed E-state index contributed by atoms with van der Waals surface area (Å²) in [5.74, 6) is -0.425. The van der Waals surface area contributed by atoms with E-state index in [4.69, 9.17) is 9.47 Å². The fraction of sp³-hybridized carbons (Fsp3) is 0.750. The standard InChI is InChI=1S/C12H21NO2/c1-11(2,3)13-8-6-5-7-12(4)14-9-10-15-12/h5-6,8H,7,9-10H2,1-4H3/b6-5+,13-8?. The Morgan fingerprint density at radius 1 is 1.27 bits per heavy atom. The van der Waals surface area contributed by atoms with Crippen molar-refractivity contribution < 1.29 is 9.47 Å². The van der Waals surface area contributed by atoms with Gasteiger partial charge in [-0.05, 0) is 33.8 Å². The molecule has 0 spiro atoms. The minimum absolute atomic E-state index is 0.00536. The van der Waals surface area contributed by atoms with Crippen LogP contribution >= 0.6 is 0 Å². The zero-order valence-corrected chi connectivity index (χ0v) is 10.1. The summed E-state index contributed by atoms with van der Waals surface area (Å²) >= 11 is 0. The van der Waals surface area contributed by atoms with Crippen LogP contribution in [-0.4, -0.2) is 30.8 Å². The van der Waals surface area contributed by atoms with Gasteiger partial charge in [0.2, 0.25) is 0 Å². The lowest BCUT2D eigenvalue weighted by molar-refractivity contribution is -0.138. The summed E-state index contributed by atoms with van der Waals surface area (Å²) < 4.78 is 10.9. The molecule has 0 aromatic carbocycles. The molecule has 0 radical (unpaired) electrons. The van der Waals surface area contributed by atoms with Gasteiger partial charge in [0.05, 0.1) is 18.8 Å². The molecule has 15 heavy (non-hydrogen) atoms. The van der Waals surface area contributed by atoms with Gasteiger partial charge in [-0.1, -0.05) is 6.08 Å². The van der Waals surface area contributed by atoms with Gasteiger partial charge in [-0.3, -0.25) is 4.99 Å². The first-order chi connectivity index (χ1) is 6.91. The van der Waals surface area contributed by atoms with Crippen LogP contribution in [0.5, 0.6) is 0 Å². The first-order valence-electron chi connectivity index (χ1n) is 5.40. The van der Waals surface area contributed by atoms with Gasteiger partial charge in [0.1, 0.15) is 0 Å². The van der Waals surface area contributed by atoms with Crippen LogP contribution in [0, 0.1) is 0 Å². The molecule has 0 aromatic rings. The predicted molar refractivity (Wildman–Crippen MR) is 62.3 cm³/mol. The second-order valence-corrected chi connectivity index (χ2v) is 4.91. The fourth-order valence-electron chi connectivity index (χ4n) is 1.28. The summed E-state index contributed by atoms with van der Waals surface area (Å²) in [6, 6.07) is 0. The third kappa shape index (κ3) is 5.09. The molecule has 3 heteroatoms. The Bertz CT molecular complexity index is 245. The summed E-state index contributed by atoms with van der Waals surface area (Å²) in [5.41, 5.74) is -0.00536. The molecule has 0 aromatic heterocycles. The molecule has 1 rings (SSSR count). The lowest BCUT2D eigenvalue weighted by atomic mass is 10.1. The van der Waals surface area contributed by atoms with E-state index in [-0.39, 0.29) is 5.54 Å². The van der Waals surface area contributed by atoms with Crippen molar-refractivity contribution in [1.82, 2.24) is 0 Å². The van der Waals surface area contributed by atoms with Gasteiger partial charge in [0.25, 0.3) is 0 Å². The highest BCUT2D eigenvalue weighted by atomic mass is 16.7. The average molecular weight is 211 g/mol. The maximum absolute atomic E-state index is 5.47. The van der Waals surface area contributed by atoms with E-state index in [1.165, 1.54) is 0 Å². The lowest BCUT2D eigenvalue weighted by Gasteiger charge is -2.19. The number of ether oxygens (including phenoxy) is 2. The van der Waals surface area contributed by atoms with Crippen LogP contribution in [0.1, 0.15) is 34.1 Å². The monoisotopic (exact) mass is 211 g/mol. The number of rotatable bonds is 3. The molecule has 0 aliphatic carbocycles. The summed E-state index contributed by atoms with van der Waals surface area (Å²) in [4.78, 5) is 4.35. The van der Waals surface area contributed by atoms with Crippen molar-refractivity contribution in [3.8, 4) is 0 Å². The van der Waals surface area contributed by atoms with E-state index in [9.17, 15) is 0 Å². The molecule has 86 valence electrons. The highest BCUT2D eigenvalue weighted by Gasteiger charge is 2.28. The SMILES string of the molecule is CC(C)(C)N=C/C=C/CC1(C)OCCO1. The molecule has 1 aliphatic heterocycles. The smallest absolute Gasteiger partial charge is 0.169 e. The second kappa shape index (κ2) is 4.90. The van der Waals surface area contributed by atoms with Gasteiger partial charge in [-0.2, -0.15) is 0 Å². The van der Waals surface area contributed by atoms with Gasteiger partial charge >= 0.3 is 0 Å². The van der Waals surface area contributed by atoms with Crippen molar-refractivity contribution in [3.63, 3.8) is 0 Å². The number of aliphatic imine (C=N–C) groups is 1. The van der Waals surface area contributed by atoms with Gasteiger partial charge in [0, 0.05) is 12.6 Å². The Balaban J connectivity index is 2.30. The van der Waals surface area contributed by atoms with Crippen molar-refractivity contribution in [1.29, 1.82) is 0 Å². The molecular weight excluding hydrogens is 190 g/mol. The van der Waals surface area contributed by atoms with Gasteiger partial charge in [-0.25, -0.2) is 0 Å². The van der Waals surface area contributed by atoms with Crippen LogP contribution in [0.25, 0.3) is 0 Å². The van der Waals surface area contributed by atoms with Crippen LogP contribution in [0.15, 0.2) is 17.1 Å². The number of nitrogens with zero attached hydrogens (tertiary/aromatic N) is 1. The molecule has 1 aliphatic rings. The molecule has 0 saturated carbocycles. The molecule has 0 bridgehead atoms. The Labute approximate surface area is 92.2 Å². The second-order valence-electron chi connectivity index (χ2n) is 4.91. The minimum Gasteiger partial charge on any atom is -0.348 e. The zero-order chi connectivity index (χ0) is 11.4. The van der Waals surface area contributed by atoms with E-state index in [0.717, 1.165) is 6.42 Å².